The second kappa shape index (κ2) is 19.7. The molecule has 2 aliphatic heterocycles. The quantitative estimate of drug-likeness (QED) is 0.154. The number of rotatable bonds is 15. The van der Waals surface area contributed by atoms with Gasteiger partial charge >= 0.3 is 30.8 Å². The van der Waals surface area contributed by atoms with E-state index < -0.39 is 59.1 Å². The molecule has 0 amide bonds. The fourth-order valence-corrected chi connectivity index (χ4v) is 6.17. The Labute approximate surface area is 305 Å². The minimum atomic E-state index is -1.11. The molecule has 2 aromatic rings. The van der Waals surface area contributed by atoms with Gasteiger partial charge in [-0.25, -0.2) is 27.2 Å². The van der Waals surface area contributed by atoms with Crippen molar-refractivity contribution in [1.29, 1.82) is 0 Å². The summed E-state index contributed by atoms with van der Waals surface area (Å²) in [4.78, 5) is 51.8. The second-order valence-corrected chi connectivity index (χ2v) is 13.5. The van der Waals surface area contributed by atoms with Crippen molar-refractivity contribution in [3.8, 4) is 0 Å². The van der Waals surface area contributed by atoms with Crippen LogP contribution in [0.4, 0.5) is 17.6 Å². The van der Waals surface area contributed by atoms with Gasteiger partial charge in [-0.05, 0) is 67.7 Å². The maximum absolute atomic E-state index is 14.1. The molecule has 2 saturated carbocycles. The average Bonchev–Trinajstić information content (AvgIpc) is 3.94. The van der Waals surface area contributed by atoms with Gasteiger partial charge < -0.3 is 20.8 Å². The number of halogens is 4. The smallest absolute Gasteiger partial charge is 0.870 e. The van der Waals surface area contributed by atoms with Gasteiger partial charge in [0.1, 0.15) is 24.4 Å². The Bertz CT molecular complexity index is 1580. The van der Waals surface area contributed by atoms with Gasteiger partial charge in [0.05, 0.1) is 6.61 Å². The fraction of sp³-hybridized carbons (Fsp3) is 0.647. The summed E-state index contributed by atoms with van der Waals surface area (Å²) in [5.74, 6) is -2.71. The third-order valence-corrected chi connectivity index (χ3v) is 9.39. The molecule has 2 unspecified atom stereocenters. The Morgan fingerprint density at radius 2 is 1.18 bits per heavy atom. The molecule has 0 bridgehead atoms. The fourth-order valence-electron chi connectivity index (χ4n) is 6.17. The van der Waals surface area contributed by atoms with Gasteiger partial charge in [-0.15, -0.1) is 0 Å². The van der Waals surface area contributed by atoms with Crippen LogP contribution in [0.5, 0.6) is 0 Å². The molecule has 4 heterocycles. The van der Waals surface area contributed by atoms with E-state index in [9.17, 15) is 41.8 Å². The Balaban J connectivity index is 0.000000335. The van der Waals surface area contributed by atoms with Gasteiger partial charge in [0.25, 0.3) is 11.1 Å². The topological polar surface area (TPSA) is 174 Å². The Kier molecular flexibility index (Phi) is 17.1. The van der Waals surface area contributed by atoms with Gasteiger partial charge in [-0.3, -0.25) is 28.5 Å². The van der Waals surface area contributed by atoms with E-state index in [2.05, 4.69) is 0 Å². The molecular weight excluding hydrogens is 675 g/mol. The number of hydrogen-bond acceptors (Lipinski definition) is 9. The maximum Gasteiger partial charge on any atom is 1.00 e. The monoisotopic (exact) mass is 721 g/mol. The van der Waals surface area contributed by atoms with Crippen molar-refractivity contribution in [2.75, 3.05) is 45.9 Å². The summed E-state index contributed by atoms with van der Waals surface area (Å²) < 4.78 is 61.0. The summed E-state index contributed by atoms with van der Waals surface area (Å²) in [5, 5.41) is 9.37. The number of ether oxygens (including phenoxy) is 1. The summed E-state index contributed by atoms with van der Waals surface area (Å²) in [7, 11) is 0. The van der Waals surface area contributed by atoms with Crippen molar-refractivity contribution in [2.45, 2.75) is 82.7 Å². The maximum atomic E-state index is 14.1. The third kappa shape index (κ3) is 12.3. The zero-order valence-electron chi connectivity index (χ0n) is 29.1. The summed E-state index contributed by atoms with van der Waals surface area (Å²) in [5.41, 5.74) is -0.499. The molecule has 6 rings (SSSR count). The summed E-state index contributed by atoms with van der Waals surface area (Å²) >= 11 is 0. The largest absolute Gasteiger partial charge is 1.00 e. The number of carboxylic acid groups (broad SMARTS) is 1. The van der Waals surface area contributed by atoms with Crippen LogP contribution >= 0.6 is 0 Å². The van der Waals surface area contributed by atoms with Crippen LogP contribution in [0.3, 0.4) is 0 Å². The molecule has 4 aliphatic rings. The van der Waals surface area contributed by atoms with E-state index >= 15 is 0 Å². The van der Waals surface area contributed by atoms with E-state index in [-0.39, 0.29) is 36.4 Å². The SMILES string of the molecule is CCOC(=O)C(CC1CC1)n1cc(CCN2CC(F)C2)cc(F)c1=O.O=C(O)C(CC1CC1)n1cc(CCN2CC(F)C2)cc(F)c1=O.[Li+].[OH-].[OH-]. The molecule has 280 valence electrons. The van der Waals surface area contributed by atoms with Crippen molar-refractivity contribution in [3.63, 3.8) is 0 Å². The van der Waals surface area contributed by atoms with Crippen LogP contribution in [0.25, 0.3) is 0 Å². The Morgan fingerprint density at radius 3 is 1.53 bits per heavy atom. The predicted octanol–water partition coefficient (Wildman–Crippen LogP) is 0.348. The Hall–Kier alpha value is -3.00. The number of carbonyl (C=O) groups excluding carboxylic acids is 1. The minimum Gasteiger partial charge on any atom is -0.870 e. The summed E-state index contributed by atoms with van der Waals surface area (Å²) in [6.45, 7) is 4.64. The number of aromatic nitrogens is 2. The van der Waals surface area contributed by atoms with Gasteiger partial charge in [-0.2, -0.15) is 0 Å². The van der Waals surface area contributed by atoms with Gasteiger partial charge in [0, 0.05) is 51.7 Å². The van der Waals surface area contributed by atoms with E-state index in [0.717, 1.165) is 36.3 Å². The van der Waals surface area contributed by atoms with Crippen molar-refractivity contribution in [2.24, 2.45) is 11.8 Å². The third-order valence-electron chi connectivity index (χ3n) is 9.39. The number of esters is 1. The number of pyridine rings is 2. The first-order valence-corrected chi connectivity index (χ1v) is 16.8. The average molecular weight is 722 g/mol. The number of carbonyl (C=O) groups is 2. The van der Waals surface area contributed by atoms with Crippen LogP contribution in [0.15, 0.2) is 34.1 Å². The number of nitrogens with zero attached hydrogens (tertiary/aromatic N) is 4. The van der Waals surface area contributed by atoms with Crippen LogP contribution in [0.2, 0.25) is 0 Å². The van der Waals surface area contributed by atoms with Gasteiger partial charge in [0.15, 0.2) is 11.6 Å². The van der Waals surface area contributed by atoms with Gasteiger partial charge in [-0.1, -0.05) is 25.7 Å². The summed E-state index contributed by atoms with van der Waals surface area (Å²) in [6.07, 6.45) is 7.20. The molecule has 51 heavy (non-hydrogen) atoms. The van der Waals surface area contributed by atoms with Crippen molar-refractivity contribution >= 4 is 11.9 Å². The molecule has 0 spiro atoms. The van der Waals surface area contributed by atoms with E-state index in [1.165, 1.54) is 16.8 Å². The number of aliphatic carboxylic acids is 1. The molecule has 2 atom stereocenters. The zero-order chi connectivity index (χ0) is 34.5. The predicted molar refractivity (Wildman–Crippen MR) is 172 cm³/mol. The molecule has 4 fully saturated rings. The van der Waals surface area contributed by atoms with Crippen LogP contribution in [-0.4, -0.2) is 105 Å². The van der Waals surface area contributed by atoms with Crippen molar-refractivity contribution in [1.82, 2.24) is 18.9 Å². The number of likely N-dealkylation sites (tertiary alicyclic amines) is 2. The van der Waals surface area contributed by atoms with Crippen LogP contribution in [-0.2, 0) is 27.2 Å². The van der Waals surface area contributed by atoms with E-state index in [1.54, 1.807) is 13.1 Å². The molecule has 0 radical (unpaired) electrons. The molecule has 2 saturated heterocycles. The van der Waals surface area contributed by atoms with E-state index in [1.807, 2.05) is 9.80 Å². The van der Waals surface area contributed by atoms with Crippen molar-refractivity contribution < 1.29 is 66.8 Å². The Morgan fingerprint density at radius 1 is 0.784 bits per heavy atom. The van der Waals surface area contributed by atoms with Crippen molar-refractivity contribution in [3.05, 3.63) is 68.0 Å². The number of carboxylic acids is 1. The minimum absolute atomic E-state index is 0. The van der Waals surface area contributed by atoms with E-state index in [0.29, 0.717) is 87.9 Å². The van der Waals surface area contributed by atoms with Gasteiger partial charge in [0.2, 0.25) is 0 Å². The molecule has 2 aromatic heterocycles. The first-order valence-electron chi connectivity index (χ1n) is 16.8. The number of hydrogen-bond donors (Lipinski definition) is 1. The molecular formula is C34H46F4LiN4O8-. The molecule has 17 heteroatoms. The van der Waals surface area contributed by atoms with Crippen LogP contribution < -0.4 is 30.0 Å². The molecule has 0 aromatic carbocycles. The first-order chi connectivity index (χ1) is 22.9. The van der Waals surface area contributed by atoms with E-state index in [4.69, 9.17) is 4.74 Å². The molecule has 3 N–H and O–H groups in total. The standard InChI is InChI=1S/C18H24F2N2O3.C16H20F2N2O3.Li.2H2O/c1-2-25-18(24)16(8-12-3-4-12)22-9-13(7-15(20)17(22)23)5-6-21-10-14(19)11-21;17-12-8-19(9-12)4-3-11-5-13(18)15(21)20(7-11)14(16(22)23)6-10-1-2-10;;;/h7,9,12,14,16H,2-6,8,10-11H2,1H3;5,7,10,12,14H,1-4,6,8-9H2,(H,22,23);;2*1H2/q;;+1;;/p-2. The summed E-state index contributed by atoms with van der Waals surface area (Å²) in [6, 6.07) is 0.559. The van der Waals surface area contributed by atoms with Crippen LogP contribution in [0.1, 0.15) is 68.7 Å². The number of alkyl halides is 2. The molecule has 12 nitrogen and oxygen atoms in total. The second-order valence-electron chi connectivity index (χ2n) is 13.5. The first kappa shape index (κ1) is 44.2. The normalized spacial score (nSPS) is 18.7. The van der Waals surface area contributed by atoms with Crippen LogP contribution in [0, 0.1) is 23.5 Å². The molecule has 2 aliphatic carbocycles. The zero-order valence-corrected chi connectivity index (χ0v) is 29.1.